The Labute approximate surface area is 109 Å². The summed E-state index contributed by atoms with van der Waals surface area (Å²) in [5.41, 5.74) is 0. The molecule has 1 aliphatic heterocycles. The lowest BCUT2D eigenvalue weighted by atomic mass is 10.0. The Hall–Kier alpha value is -1.10. The fraction of sp³-hybridized carbons (Fsp3) is 0.846. The molecule has 1 fully saturated rings. The van der Waals surface area contributed by atoms with E-state index in [1.165, 1.54) is 0 Å². The van der Waals surface area contributed by atoms with Crippen LogP contribution in [0.1, 0.15) is 40.0 Å². The second kappa shape index (κ2) is 7.36. The van der Waals surface area contributed by atoms with Crippen LogP contribution in [0.25, 0.3) is 0 Å². The molecule has 18 heavy (non-hydrogen) atoms. The zero-order chi connectivity index (χ0) is 13.5. The largest absolute Gasteiger partial charge is 0.380 e. The number of ether oxygens (including phenoxy) is 1. The van der Waals surface area contributed by atoms with Gasteiger partial charge in [0, 0.05) is 13.2 Å². The minimum absolute atomic E-state index is 0.0176. The average molecular weight is 256 g/mol. The van der Waals surface area contributed by atoms with Crippen molar-refractivity contribution in [2.75, 3.05) is 19.8 Å². The van der Waals surface area contributed by atoms with E-state index >= 15 is 0 Å². The fourth-order valence-corrected chi connectivity index (χ4v) is 2.08. The molecule has 5 heteroatoms. The molecule has 0 aromatic rings. The zero-order valence-corrected chi connectivity index (χ0v) is 11.6. The molecular formula is C13H24N2O3. The molecule has 1 saturated heterocycles. The van der Waals surface area contributed by atoms with E-state index in [0.29, 0.717) is 26.2 Å². The van der Waals surface area contributed by atoms with E-state index < -0.39 is 6.04 Å². The smallest absolute Gasteiger partial charge is 0.245 e. The Morgan fingerprint density at radius 3 is 2.56 bits per heavy atom. The summed E-state index contributed by atoms with van der Waals surface area (Å²) in [5.74, 6) is -0.0485. The molecule has 5 nitrogen and oxygen atoms in total. The molecule has 0 aliphatic carbocycles. The van der Waals surface area contributed by atoms with Crippen LogP contribution in [0.2, 0.25) is 0 Å². The Morgan fingerprint density at radius 2 is 1.94 bits per heavy atom. The topological polar surface area (TPSA) is 58.6 Å². The highest BCUT2D eigenvalue weighted by atomic mass is 16.5. The van der Waals surface area contributed by atoms with Gasteiger partial charge in [-0.25, -0.2) is 0 Å². The van der Waals surface area contributed by atoms with E-state index in [9.17, 15) is 9.59 Å². The summed E-state index contributed by atoms with van der Waals surface area (Å²) in [6, 6.07) is -0.749. The fourth-order valence-electron chi connectivity index (χ4n) is 2.08. The molecule has 0 spiro atoms. The maximum absolute atomic E-state index is 12.2. The van der Waals surface area contributed by atoms with Crippen LogP contribution >= 0.6 is 0 Å². The lowest BCUT2D eigenvalue weighted by molar-refractivity contribution is -0.149. The van der Waals surface area contributed by atoms with Crippen molar-refractivity contribution in [3.63, 3.8) is 0 Å². The number of nitrogens with zero attached hydrogens (tertiary/aromatic N) is 1. The van der Waals surface area contributed by atoms with Gasteiger partial charge >= 0.3 is 0 Å². The molecule has 2 unspecified atom stereocenters. The van der Waals surface area contributed by atoms with Gasteiger partial charge in [0.25, 0.3) is 0 Å². The van der Waals surface area contributed by atoms with Gasteiger partial charge in [0.05, 0.1) is 6.61 Å². The normalized spacial score (nSPS) is 24.3. The van der Waals surface area contributed by atoms with Crippen molar-refractivity contribution in [1.29, 1.82) is 0 Å². The van der Waals surface area contributed by atoms with Crippen molar-refractivity contribution >= 4 is 11.8 Å². The van der Waals surface area contributed by atoms with Crippen molar-refractivity contribution < 1.29 is 14.3 Å². The number of piperazine rings is 1. The summed E-state index contributed by atoms with van der Waals surface area (Å²) in [4.78, 5) is 25.6. The standard InChI is InChI=1S/C13H24N2O3/c1-4-6-11-13(17)15(7-9-18-8-5-2)10(3)12(16)14-11/h10-11H,4-9H2,1-3H3,(H,14,16). The van der Waals surface area contributed by atoms with Gasteiger partial charge in [0.1, 0.15) is 12.1 Å². The predicted molar refractivity (Wildman–Crippen MR) is 69.1 cm³/mol. The number of carbonyl (C=O) groups excluding carboxylic acids is 2. The van der Waals surface area contributed by atoms with E-state index in [4.69, 9.17) is 4.74 Å². The van der Waals surface area contributed by atoms with Crippen molar-refractivity contribution in [3.8, 4) is 0 Å². The van der Waals surface area contributed by atoms with Crippen LogP contribution in [0.15, 0.2) is 0 Å². The summed E-state index contributed by atoms with van der Waals surface area (Å²) in [7, 11) is 0. The average Bonchev–Trinajstić information content (AvgIpc) is 2.35. The lowest BCUT2D eigenvalue weighted by Crippen LogP contribution is -2.62. The maximum atomic E-state index is 12.2. The monoisotopic (exact) mass is 256 g/mol. The summed E-state index contributed by atoms with van der Waals surface area (Å²) in [6.45, 7) is 7.49. The third kappa shape index (κ3) is 3.70. The predicted octanol–water partition coefficient (Wildman–Crippen LogP) is 0.929. The molecule has 1 rings (SSSR count). The summed E-state index contributed by atoms with van der Waals surface area (Å²) in [5, 5.41) is 2.78. The van der Waals surface area contributed by atoms with Crippen LogP contribution in [-0.4, -0.2) is 48.6 Å². The molecule has 2 amide bonds. The molecule has 0 saturated carbocycles. The number of amides is 2. The van der Waals surface area contributed by atoms with E-state index in [1.807, 2.05) is 13.8 Å². The Kier molecular flexibility index (Phi) is 6.12. The van der Waals surface area contributed by atoms with Gasteiger partial charge in [-0.2, -0.15) is 0 Å². The Bertz CT molecular complexity index is 294. The molecule has 2 atom stereocenters. The van der Waals surface area contributed by atoms with Crippen molar-refractivity contribution in [2.45, 2.75) is 52.1 Å². The van der Waals surface area contributed by atoms with Gasteiger partial charge in [-0.05, 0) is 19.8 Å². The Balaban J connectivity index is 2.55. The van der Waals surface area contributed by atoms with Gasteiger partial charge in [0.2, 0.25) is 11.8 Å². The summed E-state index contributed by atoms with van der Waals surface area (Å²) in [6.07, 6.45) is 2.54. The first kappa shape index (κ1) is 15.0. The number of carbonyl (C=O) groups is 2. The molecule has 0 aromatic heterocycles. The number of hydrogen-bond acceptors (Lipinski definition) is 3. The van der Waals surface area contributed by atoms with Crippen LogP contribution in [0.3, 0.4) is 0 Å². The second-order valence-electron chi connectivity index (χ2n) is 4.67. The van der Waals surface area contributed by atoms with Crippen LogP contribution in [0.5, 0.6) is 0 Å². The molecule has 104 valence electrons. The third-order valence-corrected chi connectivity index (χ3v) is 3.15. The van der Waals surface area contributed by atoms with Crippen LogP contribution in [0, 0.1) is 0 Å². The third-order valence-electron chi connectivity index (χ3n) is 3.15. The first-order valence-corrected chi connectivity index (χ1v) is 6.80. The lowest BCUT2D eigenvalue weighted by Gasteiger charge is -2.37. The highest BCUT2D eigenvalue weighted by Gasteiger charge is 2.36. The van der Waals surface area contributed by atoms with Gasteiger partial charge in [0.15, 0.2) is 0 Å². The molecule has 1 heterocycles. The summed E-state index contributed by atoms with van der Waals surface area (Å²) < 4.78 is 5.39. The maximum Gasteiger partial charge on any atom is 0.245 e. The van der Waals surface area contributed by atoms with Gasteiger partial charge < -0.3 is 15.0 Å². The Morgan fingerprint density at radius 1 is 1.22 bits per heavy atom. The molecular weight excluding hydrogens is 232 g/mol. The number of hydrogen-bond donors (Lipinski definition) is 1. The second-order valence-corrected chi connectivity index (χ2v) is 4.67. The molecule has 0 radical (unpaired) electrons. The van der Waals surface area contributed by atoms with Gasteiger partial charge in [-0.15, -0.1) is 0 Å². The minimum Gasteiger partial charge on any atom is -0.380 e. The highest BCUT2D eigenvalue weighted by Crippen LogP contribution is 2.12. The molecule has 0 bridgehead atoms. The van der Waals surface area contributed by atoms with Crippen LogP contribution < -0.4 is 5.32 Å². The van der Waals surface area contributed by atoms with Crippen LogP contribution in [0.4, 0.5) is 0 Å². The summed E-state index contributed by atoms with van der Waals surface area (Å²) >= 11 is 0. The highest BCUT2D eigenvalue weighted by molar-refractivity contribution is 5.96. The quantitative estimate of drug-likeness (QED) is 0.689. The number of nitrogens with one attached hydrogen (secondary N) is 1. The molecule has 0 aromatic carbocycles. The van der Waals surface area contributed by atoms with Crippen LogP contribution in [-0.2, 0) is 14.3 Å². The van der Waals surface area contributed by atoms with Crippen molar-refractivity contribution in [2.24, 2.45) is 0 Å². The van der Waals surface area contributed by atoms with E-state index in [-0.39, 0.29) is 17.9 Å². The van der Waals surface area contributed by atoms with Gasteiger partial charge in [-0.1, -0.05) is 20.3 Å². The van der Waals surface area contributed by atoms with E-state index in [0.717, 1.165) is 12.8 Å². The van der Waals surface area contributed by atoms with Gasteiger partial charge in [-0.3, -0.25) is 9.59 Å². The van der Waals surface area contributed by atoms with E-state index in [1.54, 1.807) is 11.8 Å². The first-order chi connectivity index (χ1) is 8.61. The van der Waals surface area contributed by atoms with E-state index in [2.05, 4.69) is 5.32 Å². The molecule has 1 N–H and O–H groups in total. The first-order valence-electron chi connectivity index (χ1n) is 6.80. The minimum atomic E-state index is -0.393. The van der Waals surface area contributed by atoms with Crippen molar-refractivity contribution in [1.82, 2.24) is 10.2 Å². The SMILES string of the molecule is CCCOCCN1C(=O)C(CCC)NC(=O)C1C. The number of rotatable bonds is 7. The zero-order valence-electron chi connectivity index (χ0n) is 11.6. The van der Waals surface area contributed by atoms with Crippen molar-refractivity contribution in [3.05, 3.63) is 0 Å². The molecule has 1 aliphatic rings.